The summed E-state index contributed by atoms with van der Waals surface area (Å²) in [5.41, 5.74) is -0.478. The van der Waals surface area contributed by atoms with E-state index in [-0.39, 0.29) is 0 Å². The van der Waals surface area contributed by atoms with Gasteiger partial charge in [-0.25, -0.2) is 0 Å². The Bertz CT molecular complexity index is 255. The Hall–Kier alpha value is -0.570. The second-order valence-electron chi connectivity index (χ2n) is 6.08. The minimum atomic E-state index is -0.622. The van der Waals surface area contributed by atoms with E-state index < -0.39 is 11.4 Å². The summed E-state index contributed by atoms with van der Waals surface area (Å²) in [6.07, 6.45) is 3.70. The van der Waals surface area contributed by atoms with Gasteiger partial charge in [0.2, 0.25) is 0 Å². The zero-order valence-corrected chi connectivity index (χ0v) is 11.7. The molecule has 3 heteroatoms. The van der Waals surface area contributed by atoms with Gasteiger partial charge in [-0.05, 0) is 45.1 Å². The van der Waals surface area contributed by atoms with Crippen molar-refractivity contribution < 1.29 is 9.90 Å². The van der Waals surface area contributed by atoms with Gasteiger partial charge in [-0.1, -0.05) is 20.8 Å². The summed E-state index contributed by atoms with van der Waals surface area (Å²) in [5.74, 6) is 0.0607. The summed E-state index contributed by atoms with van der Waals surface area (Å²) in [4.78, 5) is 13.7. The molecule has 0 saturated heterocycles. The number of nitrogens with zero attached hydrogens (tertiary/aromatic N) is 1. The molecule has 0 aromatic carbocycles. The first-order valence-electron chi connectivity index (χ1n) is 6.86. The van der Waals surface area contributed by atoms with Gasteiger partial charge in [-0.15, -0.1) is 0 Å². The van der Waals surface area contributed by atoms with Crippen molar-refractivity contribution in [2.24, 2.45) is 11.3 Å². The molecule has 0 atom stereocenters. The standard InChI is InChI=1S/C14H27NO2/c1-5-15(10-11(2)3)12-6-8-14(4,9-7-12)13(16)17/h11-12H,5-10H2,1-4H3,(H,16,17). The first-order chi connectivity index (χ1) is 7.89. The van der Waals surface area contributed by atoms with Gasteiger partial charge in [0, 0.05) is 12.6 Å². The number of hydrogen-bond donors (Lipinski definition) is 1. The zero-order valence-electron chi connectivity index (χ0n) is 11.7. The van der Waals surface area contributed by atoms with Crippen molar-refractivity contribution in [2.45, 2.75) is 59.4 Å². The van der Waals surface area contributed by atoms with Crippen molar-refractivity contribution in [2.75, 3.05) is 13.1 Å². The average Bonchev–Trinajstić information content (AvgIpc) is 2.27. The second-order valence-corrected chi connectivity index (χ2v) is 6.08. The molecule has 0 bridgehead atoms. The van der Waals surface area contributed by atoms with Crippen molar-refractivity contribution in [1.82, 2.24) is 4.90 Å². The molecule has 1 rings (SSSR count). The third kappa shape index (κ3) is 3.70. The summed E-state index contributed by atoms with van der Waals surface area (Å²) in [6, 6.07) is 0.592. The maximum Gasteiger partial charge on any atom is 0.309 e. The van der Waals surface area contributed by atoms with E-state index in [0.717, 1.165) is 38.8 Å². The topological polar surface area (TPSA) is 40.5 Å². The van der Waals surface area contributed by atoms with Crippen molar-refractivity contribution in [3.05, 3.63) is 0 Å². The SMILES string of the molecule is CCN(CC(C)C)C1CCC(C)(C(=O)O)CC1. The molecule has 17 heavy (non-hydrogen) atoms. The van der Waals surface area contributed by atoms with E-state index in [0.29, 0.717) is 12.0 Å². The van der Waals surface area contributed by atoms with Crippen LogP contribution >= 0.6 is 0 Å². The lowest BCUT2D eigenvalue weighted by molar-refractivity contribution is -0.150. The van der Waals surface area contributed by atoms with Crippen molar-refractivity contribution in [3.8, 4) is 0 Å². The van der Waals surface area contributed by atoms with E-state index in [1.165, 1.54) is 0 Å². The number of aliphatic carboxylic acids is 1. The normalized spacial score (nSPS) is 29.9. The third-order valence-corrected chi connectivity index (χ3v) is 4.10. The van der Waals surface area contributed by atoms with E-state index >= 15 is 0 Å². The van der Waals surface area contributed by atoms with Crippen LogP contribution in [0.4, 0.5) is 0 Å². The van der Waals surface area contributed by atoms with Crippen LogP contribution < -0.4 is 0 Å². The lowest BCUT2D eigenvalue weighted by atomic mass is 9.73. The highest BCUT2D eigenvalue weighted by Gasteiger charge is 2.38. The highest BCUT2D eigenvalue weighted by molar-refractivity contribution is 5.74. The molecule has 0 aliphatic heterocycles. The van der Waals surface area contributed by atoms with E-state index in [1.807, 2.05) is 6.92 Å². The predicted molar refractivity (Wildman–Crippen MR) is 70.1 cm³/mol. The molecular formula is C14H27NO2. The van der Waals surface area contributed by atoms with E-state index in [1.54, 1.807) is 0 Å². The first-order valence-corrected chi connectivity index (χ1v) is 6.86. The molecule has 0 aromatic rings. The van der Waals surface area contributed by atoms with Gasteiger partial charge in [0.15, 0.2) is 0 Å². The molecule has 1 aliphatic rings. The second kappa shape index (κ2) is 5.85. The number of rotatable bonds is 5. The molecule has 0 aromatic heterocycles. The fourth-order valence-corrected chi connectivity index (χ4v) is 2.82. The molecular weight excluding hydrogens is 214 g/mol. The Morgan fingerprint density at radius 1 is 1.41 bits per heavy atom. The van der Waals surface area contributed by atoms with Crippen molar-refractivity contribution in [3.63, 3.8) is 0 Å². The summed E-state index contributed by atoms with van der Waals surface area (Å²) in [7, 11) is 0. The smallest absolute Gasteiger partial charge is 0.309 e. The van der Waals surface area contributed by atoms with Crippen LogP contribution in [0.5, 0.6) is 0 Å². The highest BCUT2D eigenvalue weighted by Crippen LogP contribution is 2.37. The number of carboxylic acid groups (broad SMARTS) is 1. The molecule has 0 radical (unpaired) electrons. The summed E-state index contributed by atoms with van der Waals surface area (Å²) in [6.45, 7) is 10.8. The largest absolute Gasteiger partial charge is 0.481 e. The Morgan fingerprint density at radius 3 is 2.29 bits per heavy atom. The molecule has 3 nitrogen and oxygen atoms in total. The summed E-state index contributed by atoms with van der Waals surface area (Å²) in [5, 5.41) is 9.21. The van der Waals surface area contributed by atoms with Gasteiger partial charge in [-0.3, -0.25) is 4.79 Å². The lowest BCUT2D eigenvalue weighted by Gasteiger charge is -2.40. The monoisotopic (exact) mass is 241 g/mol. The third-order valence-electron chi connectivity index (χ3n) is 4.10. The fraction of sp³-hybridized carbons (Fsp3) is 0.929. The van der Waals surface area contributed by atoms with Crippen LogP contribution in [0.1, 0.15) is 53.4 Å². The van der Waals surface area contributed by atoms with Crippen molar-refractivity contribution >= 4 is 5.97 Å². The molecule has 0 spiro atoms. The van der Waals surface area contributed by atoms with Crippen LogP contribution in [0, 0.1) is 11.3 Å². The van der Waals surface area contributed by atoms with Gasteiger partial charge in [0.25, 0.3) is 0 Å². The summed E-state index contributed by atoms with van der Waals surface area (Å²) < 4.78 is 0. The van der Waals surface area contributed by atoms with E-state index in [2.05, 4.69) is 25.7 Å². The number of carboxylic acids is 1. The minimum absolute atomic E-state index is 0.478. The van der Waals surface area contributed by atoms with Crippen LogP contribution in [-0.4, -0.2) is 35.1 Å². The van der Waals surface area contributed by atoms with Gasteiger partial charge in [-0.2, -0.15) is 0 Å². The van der Waals surface area contributed by atoms with Gasteiger partial charge < -0.3 is 10.0 Å². The fourth-order valence-electron chi connectivity index (χ4n) is 2.82. The molecule has 0 heterocycles. The Morgan fingerprint density at radius 2 is 1.94 bits per heavy atom. The van der Waals surface area contributed by atoms with Gasteiger partial charge in [0.05, 0.1) is 5.41 Å². The van der Waals surface area contributed by atoms with Crippen LogP contribution in [-0.2, 0) is 4.79 Å². The molecule has 1 N–H and O–H groups in total. The van der Waals surface area contributed by atoms with Crippen LogP contribution in [0.25, 0.3) is 0 Å². The highest BCUT2D eigenvalue weighted by atomic mass is 16.4. The van der Waals surface area contributed by atoms with Gasteiger partial charge in [0.1, 0.15) is 0 Å². The van der Waals surface area contributed by atoms with Crippen molar-refractivity contribution in [1.29, 1.82) is 0 Å². The zero-order chi connectivity index (χ0) is 13.1. The average molecular weight is 241 g/mol. The molecule has 1 saturated carbocycles. The quantitative estimate of drug-likeness (QED) is 0.804. The van der Waals surface area contributed by atoms with Crippen LogP contribution in [0.2, 0.25) is 0 Å². The Labute approximate surface area is 105 Å². The Kier molecular flexibility index (Phi) is 4.99. The number of carbonyl (C=O) groups is 1. The van der Waals surface area contributed by atoms with E-state index in [4.69, 9.17) is 0 Å². The molecule has 0 unspecified atom stereocenters. The van der Waals surface area contributed by atoms with Crippen LogP contribution in [0.15, 0.2) is 0 Å². The lowest BCUT2D eigenvalue weighted by Crippen LogP contribution is -2.43. The molecule has 100 valence electrons. The molecule has 0 amide bonds. The summed E-state index contributed by atoms with van der Waals surface area (Å²) >= 11 is 0. The van der Waals surface area contributed by atoms with E-state index in [9.17, 15) is 9.90 Å². The first kappa shape index (κ1) is 14.5. The van der Waals surface area contributed by atoms with Crippen LogP contribution in [0.3, 0.4) is 0 Å². The maximum absolute atomic E-state index is 11.2. The molecule has 1 fully saturated rings. The maximum atomic E-state index is 11.2. The number of hydrogen-bond acceptors (Lipinski definition) is 2. The molecule has 1 aliphatic carbocycles. The van der Waals surface area contributed by atoms with Gasteiger partial charge >= 0.3 is 5.97 Å². The predicted octanol–water partition coefficient (Wildman–Crippen LogP) is 3.00. The minimum Gasteiger partial charge on any atom is -0.481 e. The Balaban J connectivity index is 2.52.